The molecule has 0 saturated heterocycles. The molecule has 0 fully saturated rings. The van der Waals surface area contributed by atoms with Crippen molar-refractivity contribution >= 4 is 21.6 Å². The Labute approximate surface area is 152 Å². The van der Waals surface area contributed by atoms with Gasteiger partial charge in [-0.05, 0) is 25.1 Å². The number of methoxy groups -OCH3 is 1. The van der Waals surface area contributed by atoms with Crippen LogP contribution in [0.3, 0.4) is 0 Å². The zero-order valence-electron chi connectivity index (χ0n) is 13.9. The Morgan fingerprint density at radius 3 is 2.58 bits per heavy atom. The van der Waals surface area contributed by atoms with Crippen LogP contribution in [0.4, 0.5) is 13.2 Å². The molecule has 1 aromatic heterocycles. The van der Waals surface area contributed by atoms with Crippen LogP contribution in [0.15, 0.2) is 27.6 Å². The number of alkyl halides is 3. The molecule has 7 nitrogen and oxygen atoms in total. The van der Waals surface area contributed by atoms with E-state index in [2.05, 4.69) is 10.1 Å². The summed E-state index contributed by atoms with van der Waals surface area (Å²) in [6, 6.07) is 1.18. The third-order valence-electron chi connectivity index (χ3n) is 3.59. The molecule has 26 heavy (non-hydrogen) atoms. The summed E-state index contributed by atoms with van der Waals surface area (Å²) in [5.74, 6) is 0.235. The number of aromatic nitrogens is 2. The lowest BCUT2D eigenvalue weighted by molar-refractivity contribution is -0.137. The summed E-state index contributed by atoms with van der Waals surface area (Å²) in [4.78, 5) is 3.55. The highest BCUT2D eigenvalue weighted by Crippen LogP contribution is 2.35. The molecule has 0 saturated carbocycles. The van der Waals surface area contributed by atoms with Crippen molar-refractivity contribution in [2.45, 2.75) is 30.6 Å². The van der Waals surface area contributed by atoms with Gasteiger partial charge in [-0.2, -0.15) is 22.5 Å². The van der Waals surface area contributed by atoms with Crippen LogP contribution < -0.4 is 0 Å². The van der Waals surface area contributed by atoms with Gasteiger partial charge in [-0.15, -0.1) is 0 Å². The largest absolute Gasteiger partial charge is 0.416 e. The zero-order valence-corrected chi connectivity index (χ0v) is 15.5. The van der Waals surface area contributed by atoms with Gasteiger partial charge in [0.2, 0.25) is 10.0 Å². The molecule has 0 aliphatic heterocycles. The van der Waals surface area contributed by atoms with E-state index < -0.39 is 37.7 Å². The predicted molar refractivity (Wildman–Crippen MR) is 84.8 cm³/mol. The molecule has 0 aliphatic carbocycles. The summed E-state index contributed by atoms with van der Waals surface area (Å²) in [5, 5.41) is 3.14. The lowest BCUT2D eigenvalue weighted by atomic mass is 10.2. The topological polar surface area (TPSA) is 85.5 Å². The second-order valence-corrected chi connectivity index (χ2v) is 7.69. The molecule has 1 aromatic carbocycles. The molecule has 0 spiro atoms. The van der Waals surface area contributed by atoms with E-state index in [1.807, 2.05) is 0 Å². The van der Waals surface area contributed by atoms with E-state index >= 15 is 0 Å². The fourth-order valence-electron chi connectivity index (χ4n) is 2.03. The SMILES string of the molecule is COCc1nc([C@H](C)N(C)S(=O)(=O)c2ccc(C(F)(F)F)cc2Cl)no1. The number of halogens is 4. The quantitative estimate of drug-likeness (QED) is 0.722. The Bertz CT molecular complexity index is 886. The standard InChI is InChI=1S/C14H15ClF3N3O4S/c1-8(13-19-12(7-24-3)25-20-13)21(2)26(22,23)11-5-4-9(6-10(11)15)14(16,17)18/h4-6,8H,7H2,1-3H3/t8-/m0/s1. The first-order valence-electron chi connectivity index (χ1n) is 7.14. The maximum absolute atomic E-state index is 12.7. The number of hydrogen-bond acceptors (Lipinski definition) is 6. The average molecular weight is 414 g/mol. The fraction of sp³-hybridized carbons (Fsp3) is 0.429. The van der Waals surface area contributed by atoms with Crippen molar-refractivity contribution in [1.82, 2.24) is 14.4 Å². The van der Waals surface area contributed by atoms with Crippen molar-refractivity contribution in [3.05, 3.63) is 40.5 Å². The van der Waals surface area contributed by atoms with Gasteiger partial charge < -0.3 is 9.26 Å². The third kappa shape index (κ3) is 4.17. The minimum absolute atomic E-state index is 0.0565. The highest BCUT2D eigenvalue weighted by Gasteiger charge is 2.34. The summed E-state index contributed by atoms with van der Waals surface area (Å²) >= 11 is 5.79. The van der Waals surface area contributed by atoms with Gasteiger partial charge in [-0.1, -0.05) is 16.8 Å². The van der Waals surface area contributed by atoms with Crippen molar-refractivity contribution in [1.29, 1.82) is 0 Å². The fourth-order valence-corrected chi connectivity index (χ4v) is 3.87. The highest BCUT2D eigenvalue weighted by molar-refractivity contribution is 7.89. The predicted octanol–water partition coefficient (Wildman–Crippen LogP) is 3.27. The van der Waals surface area contributed by atoms with E-state index in [9.17, 15) is 21.6 Å². The summed E-state index contributed by atoms with van der Waals surface area (Å²) in [5.41, 5.74) is -1.04. The first-order valence-corrected chi connectivity index (χ1v) is 8.96. The van der Waals surface area contributed by atoms with Crippen LogP contribution in [0.5, 0.6) is 0 Å². The van der Waals surface area contributed by atoms with E-state index in [0.717, 1.165) is 10.4 Å². The van der Waals surface area contributed by atoms with Crippen LogP contribution in [0.25, 0.3) is 0 Å². The van der Waals surface area contributed by atoms with Crippen LogP contribution >= 0.6 is 11.6 Å². The molecule has 144 valence electrons. The second kappa shape index (κ2) is 7.51. The molecule has 1 atom stereocenters. The van der Waals surface area contributed by atoms with Crippen molar-refractivity contribution in [2.24, 2.45) is 0 Å². The summed E-state index contributed by atoms with van der Waals surface area (Å²) in [6.45, 7) is 1.55. The second-order valence-electron chi connectivity index (χ2n) is 5.32. The number of ether oxygens (including phenoxy) is 1. The number of nitrogens with zero attached hydrogens (tertiary/aromatic N) is 3. The monoisotopic (exact) mass is 413 g/mol. The molecule has 1 heterocycles. The van der Waals surface area contributed by atoms with Crippen LogP contribution in [0.1, 0.15) is 30.2 Å². The van der Waals surface area contributed by atoms with E-state index in [1.54, 1.807) is 0 Å². The first kappa shape index (κ1) is 20.6. The number of hydrogen-bond donors (Lipinski definition) is 0. The molecule has 0 bridgehead atoms. The lowest BCUT2D eigenvalue weighted by Gasteiger charge is -2.22. The molecule has 0 unspecified atom stereocenters. The van der Waals surface area contributed by atoms with E-state index in [4.69, 9.17) is 20.9 Å². The van der Waals surface area contributed by atoms with Crippen molar-refractivity contribution < 1.29 is 30.8 Å². The van der Waals surface area contributed by atoms with Gasteiger partial charge in [0.1, 0.15) is 11.5 Å². The molecule has 12 heteroatoms. The number of benzene rings is 1. The molecule has 0 radical (unpaired) electrons. The van der Waals surface area contributed by atoms with Crippen molar-refractivity contribution in [2.75, 3.05) is 14.2 Å². The summed E-state index contributed by atoms with van der Waals surface area (Å²) in [6.07, 6.45) is -4.63. The molecule has 2 rings (SSSR count). The minimum atomic E-state index is -4.63. The molecular weight excluding hydrogens is 399 g/mol. The molecule has 2 aromatic rings. The summed E-state index contributed by atoms with van der Waals surface area (Å²) < 4.78 is 74.2. The normalized spacial score (nSPS) is 14.0. The van der Waals surface area contributed by atoms with Gasteiger partial charge in [0.05, 0.1) is 16.6 Å². The Morgan fingerprint density at radius 1 is 1.38 bits per heavy atom. The van der Waals surface area contributed by atoms with Gasteiger partial charge in [0, 0.05) is 14.2 Å². The van der Waals surface area contributed by atoms with Gasteiger partial charge >= 0.3 is 6.18 Å². The Kier molecular flexibility index (Phi) is 5.95. The molecule has 0 N–H and O–H groups in total. The van der Waals surface area contributed by atoms with Crippen LogP contribution in [-0.2, 0) is 27.5 Å². The highest BCUT2D eigenvalue weighted by atomic mass is 35.5. The Balaban J connectivity index is 2.33. The Morgan fingerprint density at radius 2 is 2.04 bits per heavy atom. The van der Waals surface area contributed by atoms with Crippen LogP contribution in [-0.4, -0.2) is 37.0 Å². The first-order chi connectivity index (χ1) is 12.0. The molecular formula is C14H15ClF3N3O4S. The molecule has 0 amide bonds. The number of rotatable bonds is 6. The third-order valence-corrected chi connectivity index (χ3v) is 6.00. The average Bonchev–Trinajstić information content (AvgIpc) is 3.01. The van der Waals surface area contributed by atoms with Gasteiger partial charge in [-0.25, -0.2) is 8.42 Å². The van der Waals surface area contributed by atoms with E-state index in [-0.39, 0.29) is 18.3 Å². The van der Waals surface area contributed by atoms with Gasteiger partial charge in [0.25, 0.3) is 5.89 Å². The van der Waals surface area contributed by atoms with E-state index in [0.29, 0.717) is 12.1 Å². The lowest BCUT2D eigenvalue weighted by Crippen LogP contribution is -2.30. The minimum Gasteiger partial charge on any atom is -0.375 e. The zero-order chi connectivity index (χ0) is 19.7. The van der Waals surface area contributed by atoms with Crippen molar-refractivity contribution in [3.63, 3.8) is 0 Å². The van der Waals surface area contributed by atoms with E-state index in [1.165, 1.54) is 21.1 Å². The summed E-state index contributed by atoms with van der Waals surface area (Å²) in [7, 11) is -1.54. The maximum Gasteiger partial charge on any atom is 0.416 e. The maximum atomic E-state index is 12.7. The number of sulfonamides is 1. The Hall–Kier alpha value is -1.69. The van der Waals surface area contributed by atoms with Crippen LogP contribution in [0, 0.1) is 0 Å². The molecule has 0 aliphatic rings. The van der Waals surface area contributed by atoms with Crippen molar-refractivity contribution in [3.8, 4) is 0 Å². The van der Waals surface area contributed by atoms with Gasteiger partial charge in [0.15, 0.2) is 5.82 Å². The van der Waals surface area contributed by atoms with Crippen LogP contribution in [0.2, 0.25) is 5.02 Å². The smallest absolute Gasteiger partial charge is 0.375 e. The van der Waals surface area contributed by atoms with Gasteiger partial charge in [-0.3, -0.25) is 0 Å².